The van der Waals surface area contributed by atoms with Crippen LogP contribution in [-0.2, 0) is 22.5 Å². The summed E-state index contributed by atoms with van der Waals surface area (Å²) >= 11 is 0. The second kappa shape index (κ2) is 5.70. The molecule has 0 radical (unpaired) electrons. The number of nitrogens with one attached hydrogen (secondary N) is 2. The lowest BCUT2D eigenvalue weighted by atomic mass is 10.4. The number of methoxy groups -OCH3 is 1. The molecule has 9 nitrogen and oxygen atoms in total. The molecule has 0 aromatic carbocycles. The number of H-pyrrole nitrogens is 2. The van der Waals surface area contributed by atoms with E-state index in [0.29, 0.717) is 19.6 Å². The van der Waals surface area contributed by atoms with Crippen LogP contribution in [0.1, 0.15) is 12.2 Å². The van der Waals surface area contributed by atoms with Gasteiger partial charge in [0.25, 0.3) is 5.56 Å². The molecule has 0 aliphatic carbocycles. The average Bonchev–Trinajstić information content (AvgIpc) is 2.76. The highest BCUT2D eigenvalue weighted by Crippen LogP contribution is 2.06. The summed E-state index contributed by atoms with van der Waals surface area (Å²) in [7, 11) is 1.55. The van der Waals surface area contributed by atoms with E-state index in [1.54, 1.807) is 7.11 Å². The molecule has 0 saturated carbocycles. The van der Waals surface area contributed by atoms with Crippen molar-refractivity contribution in [3.05, 3.63) is 26.7 Å². The zero-order chi connectivity index (χ0) is 14.7. The van der Waals surface area contributed by atoms with Gasteiger partial charge in [0.1, 0.15) is 17.8 Å². The lowest BCUT2D eigenvalue weighted by Crippen LogP contribution is -2.30. The molecule has 3 N–H and O–H groups in total. The number of aliphatic carboxylic acids is 1. The highest BCUT2D eigenvalue weighted by atomic mass is 16.5. The van der Waals surface area contributed by atoms with E-state index in [4.69, 9.17) is 9.84 Å². The third kappa shape index (κ3) is 2.77. The van der Waals surface area contributed by atoms with Crippen molar-refractivity contribution in [2.75, 3.05) is 13.7 Å². The van der Waals surface area contributed by atoms with Crippen molar-refractivity contribution in [3.8, 4) is 0 Å². The van der Waals surface area contributed by atoms with Gasteiger partial charge in [-0.05, 0) is 6.42 Å². The van der Waals surface area contributed by atoms with Crippen molar-refractivity contribution < 1.29 is 14.6 Å². The molecule has 0 unspecified atom stereocenters. The molecule has 0 saturated heterocycles. The first-order valence-electron chi connectivity index (χ1n) is 5.95. The number of hydrogen-bond acceptors (Lipinski definition) is 5. The van der Waals surface area contributed by atoms with Crippen LogP contribution >= 0.6 is 0 Å². The van der Waals surface area contributed by atoms with Crippen molar-refractivity contribution in [3.63, 3.8) is 0 Å². The van der Waals surface area contributed by atoms with Crippen molar-refractivity contribution in [1.29, 1.82) is 0 Å². The number of carboxylic acid groups (broad SMARTS) is 1. The smallest absolute Gasteiger partial charge is 0.330 e. The number of imidazole rings is 1. The summed E-state index contributed by atoms with van der Waals surface area (Å²) < 4.78 is 6.19. The number of fused-ring (bicyclic) bond motifs is 1. The Kier molecular flexibility index (Phi) is 3.99. The summed E-state index contributed by atoms with van der Waals surface area (Å²) in [5.41, 5.74) is -0.937. The molecule has 0 fully saturated rings. The normalized spacial score (nSPS) is 11.1. The molecular formula is C11H14N4O5. The van der Waals surface area contributed by atoms with E-state index < -0.39 is 17.2 Å². The molecule has 9 heteroatoms. The first-order valence-corrected chi connectivity index (χ1v) is 5.95. The van der Waals surface area contributed by atoms with Crippen LogP contribution in [0.4, 0.5) is 0 Å². The molecule has 0 spiro atoms. The van der Waals surface area contributed by atoms with Gasteiger partial charge < -0.3 is 14.8 Å². The van der Waals surface area contributed by atoms with E-state index >= 15 is 0 Å². The van der Waals surface area contributed by atoms with Gasteiger partial charge in [0, 0.05) is 20.3 Å². The molecule has 20 heavy (non-hydrogen) atoms. The van der Waals surface area contributed by atoms with Crippen LogP contribution in [0, 0.1) is 0 Å². The Morgan fingerprint density at radius 2 is 2.15 bits per heavy atom. The van der Waals surface area contributed by atoms with Crippen LogP contribution in [0.5, 0.6) is 0 Å². The fourth-order valence-electron chi connectivity index (χ4n) is 1.89. The molecule has 0 bridgehead atoms. The third-order valence-electron chi connectivity index (χ3n) is 2.73. The van der Waals surface area contributed by atoms with Gasteiger partial charge in [0.2, 0.25) is 0 Å². The Bertz CT molecular complexity index is 741. The van der Waals surface area contributed by atoms with Gasteiger partial charge in [-0.2, -0.15) is 0 Å². The van der Waals surface area contributed by atoms with Crippen molar-refractivity contribution >= 4 is 17.1 Å². The Labute approximate surface area is 112 Å². The number of carbonyl (C=O) groups is 1. The fourth-order valence-corrected chi connectivity index (χ4v) is 1.89. The maximum atomic E-state index is 11.8. The topological polar surface area (TPSA) is 130 Å². The zero-order valence-electron chi connectivity index (χ0n) is 10.8. The first kappa shape index (κ1) is 14.0. The Balaban J connectivity index is 2.49. The highest BCUT2D eigenvalue weighted by Gasteiger charge is 2.14. The maximum absolute atomic E-state index is 11.8. The minimum Gasteiger partial charge on any atom is -0.481 e. The van der Waals surface area contributed by atoms with E-state index in [0.717, 1.165) is 0 Å². The van der Waals surface area contributed by atoms with Gasteiger partial charge in [-0.25, -0.2) is 9.78 Å². The summed E-state index contributed by atoms with van der Waals surface area (Å²) in [5.74, 6) is -0.946. The molecule has 0 amide bonds. The van der Waals surface area contributed by atoms with Gasteiger partial charge in [0.05, 0.1) is 0 Å². The Hall–Kier alpha value is -2.42. The summed E-state index contributed by atoms with van der Waals surface area (Å²) in [6.07, 6.45) is 0.221. The van der Waals surface area contributed by atoms with Crippen LogP contribution < -0.4 is 11.2 Å². The molecular weight excluding hydrogens is 268 g/mol. The summed E-state index contributed by atoms with van der Waals surface area (Å²) in [5, 5.41) is 8.73. The van der Waals surface area contributed by atoms with E-state index in [-0.39, 0.29) is 23.4 Å². The van der Waals surface area contributed by atoms with Crippen molar-refractivity contribution in [2.24, 2.45) is 0 Å². The van der Waals surface area contributed by atoms with Gasteiger partial charge in [-0.3, -0.25) is 19.1 Å². The van der Waals surface area contributed by atoms with Crippen LogP contribution in [0.25, 0.3) is 11.2 Å². The summed E-state index contributed by atoms with van der Waals surface area (Å²) in [4.78, 5) is 42.9. The zero-order valence-corrected chi connectivity index (χ0v) is 10.8. The molecule has 0 aliphatic heterocycles. The quantitative estimate of drug-likeness (QED) is 0.587. The molecule has 0 atom stereocenters. The number of hydrogen-bond donors (Lipinski definition) is 3. The van der Waals surface area contributed by atoms with Crippen LogP contribution in [0.3, 0.4) is 0 Å². The first-order chi connectivity index (χ1) is 9.52. The second-order valence-corrected chi connectivity index (χ2v) is 4.21. The minimum absolute atomic E-state index is 0.0956. The number of ether oxygens (including phenoxy) is 1. The number of aromatic amines is 2. The SMILES string of the molecule is COCCCn1c(=O)[nH]c(=O)c2[nH]c(CC(=O)O)nc21. The van der Waals surface area contributed by atoms with E-state index in [1.165, 1.54) is 4.57 Å². The van der Waals surface area contributed by atoms with E-state index in [9.17, 15) is 14.4 Å². The van der Waals surface area contributed by atoms with E-state index in [2.05, 4.69) is 15.0 Å². The summed E-state index contributed by atoms with van der Waals surface area (Å²) in [6, 6.07) is 0. The maximum Gasteiger partial charge on any atom is 0.330 e. The third-order valence-corrected chi connectivity index (χ3v) is 2.73. The molecule has 0 aliphatic rings. The molecule has 108 valence electrons. The molecule has 2 aromatic rings. The minimum atomic E-state index is -1.08. The molecule has 2 rings (SSSR count). The monoisotopic (exact) mass is 282 g/mol. The predicted molar refractivity (Wildman–Crippen MR) is 68.8 cm³/mol. The van der Waals surface area contributed by atoms with Crippen LogP contribution in [-0.4, -0.2) is 44.3 Å². The van der Waals surface area contributed by atoms with Crippen LogP contribution in [0.15, 0.2) is 9.59 Å². The van der Waals surface area contributed by atoms with Crippen molar-refractivity contribution in [2.45, 2.75) is 19.4 Å². The summed E-state index contributed by atoms with van der Waals surface area (Å²) in [6.45, 7) is 0.775. The van der Waals surface area contributed by atoms with Gasteiger partial charge >= 0.3 is 11.7 Å². The number of carboxylic acids is 1. The number of aromatic nitrogens is 4. The molecule has 2 aromatic heterocycles. The number of aryl methyl sites for hydroxylation is 1. The second-order valence-electron chi connectivity index (χ2n) is 4.21. The molecule has 2 heterocycles. The fraction of sp³-hybridized carbons (Fsp3) is 0.455. The van der Waals surface area contributed by atoms with E-state index in [1.807, 2.05) is 0 Å². The van der Waals surface area contributed by atoms with Gasteiger partial charge in [-0.15, -0.1) is 0 Å². The average molecular weight is 282 g/mol. The number of rotatable bonds is 6. The van der Waals surface area contributed by atoms with Crippen LogP contribution in [0.2, 0.25) is 0 Å². The largest absolute Gasteiger partial charge is 0.481 e. The van der Waals surface area contributed by atoms with Gasteiger partial charge in [0.15, 0.2) is 5.65 Å². The highest BCUT2D eigenvalue weighted by molar-refractivity contribution is 5.73. The lowest BCUT2D eigenvalue weighted by Gasteiger charge is -2.04. The van der Waals surface area contributed by atoms with Gasteiger partial charge in [-0.1, -0.05) is 0 Å². The predicted octanol–water partition coefficient (Wildman–Crippen LogP) is -0.923. The Morgan fingerprint density at radius 3 is 2.80 bits per heavy atom. The lowest BCUT2D eigenvalue weighted by molar-refractivity contribution is -0.136. The van der Waals surface area contributed by atoms with Crippen molar-refractivity contribution in [1.82, 2.24) is 19.5 Å². The standard InChI is InChI=1S/C11H14N4O5/c1-20-4-2-3-15-9-8(10(18)14-11(15)19)12-6(13-9)5-7(16)17/h2-5H2,1H3,(H,12,13)(H,16,17)(H,14,18,19). The Morgan fingerprint density at radius 1 is 1.40 bits per heavy atom. The number of nitrogens with zero attached hydrogens (tertiary/aromatic N) is 2.